The Hall–Kier alpha value is -3.02. The quantitative estimate of drug-likeness (QED) is 0.722. The van der Waals surface area contributed by atoms with Gasteiger partial charge >= 0.3 is 0 Å². The van der Waals surface area contributed by atoms with Crippen LogP contribution in [0, 0.1) is 5.82 Å². The summed E-state index contributed by atoms with van der Waals surface area (Å²) < 4.78 is 13.1. The molecule has 1 aromatic heterocycles. The van der Waals surface area contributed by atoms with E-state index in [4.69, 9.17) is 0 Å². The molecule has 1 amide bonds. The number of carbonyl (C=O) groups excluding carboxylic acids is 1. The van der Waals surface area contributed by atoms with Gasteiger partial charge in [-0.2, -0.15) is 0 Å². The van der Waals surface area contributed by atoms with Gasteiger partial charge in [0.2, 0.25) is 0 Å². The summed E-state index contributed by atoms with van der Waals surface area (Å²) in [5.74, 6) is -0.314. The van der Waals surface area contributed by atoms with Gasteiger partial charge in [0.25, 0.3) is 5.91 Å². The Labute approximate surface area is 144 Å². The number of anilines is 1. The summed E-state index contributed by atoms with van der Waals surface area (Å²) in [6.07, 6.45) is 1.43. The molecule has 25 heavy (non-hydrogen) atoms. The van der Waals surface area contributed by atoms with Crippen LogP contribution >= 0.6 is 0 Å². The molecule has 3 aromatic rings. The fourth-order valence-electron chi connectivity index (χ4n) is 3.14. The summed E-state index contributed by atoms with van der Waals surface area (Å²) in [6.45, 7) is 2.63. The predicted octanol–water partition coefficient (Wildman–Crippen LogP) is 2.73. The molecular weight excluding hydrogens is 319 g/mol. The number of aromatic nitrogens is 2. The van der Waals surface area contributed by atoms with Crippen LogP contribution in [0.15, 0.2) is 54.9 Å². The lowest BCUT2D eigenvalue weighted by Crippen LogP contribution is -2.49. The predicted molar refractivity (Wildman–Crippen MR) is 94.1 cm³/mol. The smallest absolute Gasteiger partial charge is 0.273 e. The first-order chi connectivity index (χ1) is 12.2. The highest BCUT2D eigenvalue weighted by Gasteiger charge is 2.24. The number of carbonyl (C=O) groups is 1. The van der Waals surface area contributed by atoms with Gasteiger partial charge < -0.3 is 9.80 Å². The third-order valence-corrected chi connectivity index (χ3v) is 4.50. The Balaban J connectivity index is 1.50. The zero-order chi connectivity index (χ0) is 17.2. The van der Waals surface area contributed by atoms with E-state index < -0.39 is 0 Å². The maximum atomic E-state index is 13.1. The van der Waals surface area contributed by atoms with E-state index >= 15 is 0 Å². The topological polar surface area (TPSA) is 49.3 Å². The number of fused-ring (bicyclic) bond motifs is 1. The molecule has 1 fully saturated rings. The molecule has 0 aliphatic carbocycles. The highest BCUT2D eigenvalue weighted by Crippen LogP contribution is 2.20. The second kappa shape index (κ2) is 6.47. The van der Waals surface area contributed by atoms with Crippen molar-refractivity contribution in [3.05, 3.63) is 66.4 Å². The molecule has 5 nitrogen and oxygen atoms in total. The number of hydrogen-bond acceptors (Lipinski definition) is 4. The van der Waals surface area contributed by atoms with Crippen LogP contribution in [-0.4, -0.2) is 47.0 Å². The second-order valence-corrected chi connectivity index (χ2v) is 6.00. The first-order valence-corrected chi connectivity index (χ1v) is 8.22. The molecule has 2 heterocycles. The molecule has 126 valence electrons. The van der Waals surface area contributed by atoms with Crippen molar-refractivity contribution in [3.63, 3.8) is 0 Å². The Kier molecular flexibility index (Phi) is 4.01. The van der Waals surface area contributed by atoms with Gasteiger partial charge in [0.1, 0.15) is 17.8 Å². The summed E-state index contributed by atoms with van der Waals surface area (Å²) in [7, 11) is 0. The van der Waals surface area contributed by atoms with Crippen LogP contribution in [-0.2, 0) is 0 Å². The van der Waals surface area contributed by atoms with Crippen molar-refractivity contribution in [1.82, 2.24) is 14.9 Å². The number of nitrogens with zero attached hydrogens (tertiary/aromatic N) is 4. The first kappa shape index (κ1) is 15.5. The van der Waals surface area contributed by atoms with E-state index in [9.17, 15) is 9.18 Å². The van der Waals surface area contributed by atoms with Gasteiger partial charge in [0.05, 0.1) is 5.52 Å². The van der Waals surface area contributed by atoms with Crippen LogP contribution in [0.5, 0.6) is 0 Å². The first-order valence-electron chi connectivity index (χ1n) is 8.22. The summed E-state index contributed by atoms with van der Waals surface area (Å²) in [6, 6.07) is 14.0. The molecule has 0 radical (unpaired) electrons. The van der Waals surface area contributed by atoms with Gasteiger partial charge in [0, 0.05) is 37.3 Å². The number of para-hydroxylation sites is 1. The molecular formula is C19H17FN4O. The summed E-state index contributed by atoms with van der Waals surface area (Å²) in [5.41, 5.74) is 2.19. The van der Waals surface area contributed by atoms with E-state index in [0.29, 0.717) is 31.9 Å². The van der Waals surface area contributed by atoms with E-state index in [-0.39, 0.29) is 11.7 Å². The minimum atomic E-state index is -0.242. The fraction of sp³-hybridized carbons (Fsp3) is 0.211. The summed E-state index contributed by atoms with van der Waals surface area (Å²) >= 11 is 0. The molecule has 1 aliphatic rings. The van der Waals surface area contributed by atoms with E-state index in [1.165, 1.54) is 18.5 Å². The normalized spacial score (nSPS) is 14.8. The minimum absolute atomic E-state index is 0.0719. The van der Waals surface area contributed by atoms with E-state index in [1.54, 1.807) is 12.1 Å². The maximum absolute atomic E-state index is 13.1. The van der Waals surface area contributed by atoms with Crippen LogP contribution < -0.4 is 4.90 Å². The zero-order valence-electron chi connectivity index (χ0n) is 13.6. The third kappa shape index (κ3) is 3.03. The molecule has 2 aromatic carbocycles. The van der Waals surface area contributed by atoms with E-state index in [2.05, 4.69) is 14.9 Å². The lowest BCUT2D eigenvalue weighted by molar-refractivity contribution is 0.0743. The maximum Gasteiger partial charge on any atom is 0.273 e. The molecule has 0 atom stereocenters. The van der Waals surface area contributed by atoms with Crippen molar-refractivity contribution in [2.45, 2.75) is 0 Å². The number of benzene rings is 2. The zero-order valence-corrected chi connectivity index (χ0v) is 13.6. The molecule has 0 spiro atoms. The Bertz CT molecular complexity index is 899. The van der Waals surface area contributed by atoms with Gasteiger partial charge in [-0.25, -0.2) is 14.4 Å². The molecule has 1 saturated heterocycles. The third-order valence-electron chi connectivity index (χ3n) is 4.50. The van der Waals surface area contributed by atoms with Crippen molar-refractivity contribution in [2.24, 2.45) is 0 Å². The SMILES string of the molecule is O=C(c1ncnc2ccccc12)N1CCN(c2ccc(F)cc2)CC1. The lowest BCUT2D eigenvalue weighted by Gasteiger charge is -2.36. The fourth-order valence-corrected chi connectivity index (χ4v) is 3.14. The van der Waals surface area contributed by atoms with Gasteiger partial charge in [-0.3, -0.25) is 4.79 Å². The largest absolute Gasteiger partial charge is 0.368 e. The molecule has 0 unspecified atom stereocenters. The molecule has 0 saturated carbocycles. The number of piperazine rings is 1. The highest BCUT2D eigenvalue weighted by atomic mass is 19.1. The number of rotatable bonds is 2. The molecule has 6 heteroatoms. The van der Waals surface area contributed by atoms with E-state index in [1.807, 2.05) is 29.2 Å². The van der Waals surface area contributed by atoms with Crippen LogP contribution in [0.25, 0.3) is 10.9 Å². The van der Waals surface area contributed by atoms with Crippen molar-refractivity contribution in [1.29, 1.82) is 0 Å². The average Bonchev–Trinajstić information content (AvgIpc) is 2.68. The molecule has 0 N–H and O–H groups in total. The van der Waals surface area contributed by atoms with Crippen LogP contribution in [0.2, 0.25) is 0 Å². The van der Waals surface area contributed by atoms with E-state index in [0.717, 1.165) is 16.6 Å². The van der Waals surface area contributed by atoms with Crippen LogP contribution in [0.4, 0.5) is 10.1 Å². The van der Waals surface area contributed by atoms with Crippen molar-refractivity contribution >= 4 is 22.5 Å². The Morgan fingerprint density at radius 3 is 2.40 bits per heavy atom. The monoisotopic (exact) mass is 336 g/mol. The van der Waals surface area contributed by atoms with Gasteiger partial charge in [0.15, 0.2) is 0 Å². The molecule has 4 rings (SSSR count). The van der Waals surface area contributed by atoms with Crippen LogP contribution in [0.1, 0.15) is 10.5 Å². The van der Waals surface area contributed by atoms with Gasteiger partial charge in [-0.15, -0.1) is 0 Å². The lowest BCUT2D eigenvalue weighted by atomic mass is 10.1. The van der Waals surface area contributed by atoms with Crippen molar-refractivity contribution < 1.29 is 9.18 Å². The van der Waals surface area contributed by atoms with Gasteiger partial charge in [-0.1, -0.05) is 18.2 Å². The Morgan fingerprint density at radius 2 is 1.64 bits per heavy atom. The second-order valence-electron chi connectivity index (χ2n) is 6.00. The summed E-state index contributed by atoms with van der Waals surface area (Å²) in [5, 5.41) is 0.774. The summed E-state index contributed by atoms with van der Waals surface area (Å²) in [4.78, 5) is 25.3. The molecule has 1 aliphatic heterocycles. The van der Waals surface area contributed by atoms with Crippen molar-refractivity contribution in [3.8, 4) is 0 Å². The van der Waals surface area contributed by atoms with Crippen molar-refractivity contribution in [2.75, 3.05) is 31.1 Å². The number of amides is 1. The average molecular weight is 336 g/mol. The van der Waals surface area contributed by atoms with Gasteiger partial charge in [-0.05, 0) is 30.3 Å². The minimum Gasteiger partial charge on any atom is -0.368 e. The molecule has 0 bridgehead atoms. The van der Waals surface area contributed by atoms with Crippen LogP contribution in [0.3, 0.4) is 0 Å². The highest BCUT2D eigenvalue weighted by molar-refractivity contribution is 6.04. The Morgan fingerprint density at radius 1 is 0.920 bits per heavy atom. The standard InChI is InChI=1S/C19H17FN4O/c20-14-5-7-15(8-6-14)23-9-11-24(12-10-23)19(25)18-16-3-1-2-4-17(16)21-13-22-18/h1-8,13H,9-12H2. The number of halogens is 1. The number of hydrogen-bond donors (Lipinski definition) is 0.